The van der Waals surface area contributed by atoms with E-state index in [1.54, 1.807) is 7.11 Å². The highest BCUT2D eigenvalue weighted by molar-refractivity contribution is 5.99. The number of benzene rings is 1. The van der Waals surface area contributed by atoms with Crippen molar-refractivity contribution < 1.29 is 18.7 Å². The lowest BCUT2D eigenvalue weighted by Crippen LogP contribution is -2.59. The molecular weight excluding hydrogens is 356 g/mol. The molecule has 0 bridgehead atoms. The van der Waals surface area contributed by atoms with Crippen molar-refractivity contribution in [1.29, 1.82) is 0 Å². The van der Waals surface area contributed by atoms with Crippen LogP contribution >= 0.6 is 0 Å². The molecule has 1 aromatic carbocycles. The third-order valence-corrected chi connectivity index (χ3v) is 6.24. The smallest absolute Gasteiger partial charge is 0.287 e. The molecule has 152 valence electrons. The van der Waals surface area contributed by atoms with Crippen LogP contribution in [0.4, 0.5) is 0 Å². The first kappa shape index (κ1) is 19.4. The number of carbonyl (C=O) groups excluding carboxylic acids is 1. The largest absolute Gasteiger partial charge is 0.451 e. The zero-order valence-corrected chi connectivity index (χ0v) is 16.7. The van der Waals surface area contributed by atoms with Crippen molar-refractivity contribution in [2.75, 3.05) is 40.0 Å². The Bertz CT molecular complexity index is 804. The maximum atomic E-state index is 13.1. The van der Waals surface area contributed by atoms with E-state index in [1.165, 1.54) is 19.3 Å². The maximum absolute atomic E-state index is 13.1. The number of rotatable bonds is 6. The fourth-order valence-electron chi connectivity index (χ4n) is 4.75. The number of nitrogens with zero attached hydrogens (tertiary/aromatic N) is 1. The molecule has 1 saturated heterocycles. The topological polar surface area (TPSA) is 63.9 Å². The van der Waals surface area contributed by atoms with E-state index in [0.29, 0.717) is 18.9 Å². The van der Waals surface area contributed by atoms with Crippen LogP contribution in [0.3, 0.4) is 0 Å². The van der Waals surface area contributed by atoms with Crippen molar-refractivity contribution >= 4 is 16.9 Å². The van der Waals surface area contributed by atoms with E-state index in [2.05, 4.69) is 10.2 Å². The first-order valence-corrected chi connectivity index (χ1v) is 10.3. The van der Waals surface area contributed by atoms with Crippen LogP contribution in [0, 0.1) is 0 Å². The summed E-state index contributed by atoms with van der Waals surface area (Å²) in [5.41, 5.74) is 1.57. The van der Waals surface area contributed by atoms with Gasteiger partial charge < -0.3 is 19.2 Å². The number of hydrogen-bond donors (Lipinski definition) is 1. The van der Waals surface area contributed by atoms with E-state index in [1.807, 2.05) is 24.3 Å². The van der Waals surface area contributed by atoms with Gasteiger partial charge in [-0.25, -0.2) is 0 Å². The minimum Gasteiger partial charge on any atom is -0.451 e. The standard InChI is InChI=1S/C22H30N2O4/c1-26-15-18-17-7-3-4-8-19(17)28-20(18)21(25)23-16-22(9-5-2-6-10-22)24-11-13-27-14-12-24/h3-4,7-8H,2,5-6,9-16H2,1H3,(H,23,25). The van der Waals surface area contributed by atoms with Gasteiger partial charge in [-0.2, -0.15) is 0 Å². The van der Waals surface area contributed by atoms with Crippen LogP contribution in [0.15, 0.2) is 28.7 Å². The lowest BCUT2D eigenvalue weighted by atomic mass is 9.79. The average molecular weight is 386 g/mol. The SMILES string of the molecule is COCc1c(C(=O)NCC2(N3CCOCC3)CCCCC2)oc2ccccc12. The number of ether oxygens (including phenoxy) is 2. The molecule has 2 aliphatic rings. The van der Waals surface area contributed by atoms with Gasteiger partial charge in [0.25, 0.3) is 5.91 Å². The van der Waals surface area contributed by atoms with Crippen molar-refractivity contribution in [2.45, 2.75) is 44.2 Å². The number of morpholine rings is 1. The number of furan rings is 1. The molecule has 2 heterocycles. The third kappa shape index (κ3) is 3.81. The van der Waals surface area contributed by atoms with Crippen LogP contribution in [0.5, 0.6) is 0 Å². The summed E-state index contributed by atoms with van der Waals surface area (Å²) < 4.78 is 16.8. The van der Waals surface area contributed by atoms with Crippen LogP contribution < -0.4 is 5.32 Å². The molecule has 2 fully saturated rings. The zero-order chi connectivity index (χ0) is 19.4. The summed E-state index contributed by atoms with van der Waals surface area (Å²) >= 11 is 0. The minimum atomic E-state index is -0.151. The molecule has 1 aromatic heterocycles. The molecule has 1 aliphatic heterocycles. The predicted octanol–water partition coefficient (Wildman–Crippen LogP) is 3.34. The Morgan fingerprint density at radius 2 is 1.93 bits per heavy atom. The van der Waals surface area contributed by atoms with E-state index >= 15 is 0 Å². The number of nitrogens with one attached hydrogen (secondary N) is 1. The minimum absolute atomic E-state index is 0.0329. The summed E-state index contributed by atoms with van der Waals surface area (Å²) in [5.74, 6) is 0.220. The molecule has 6 nitrogen and oxygen atoms in total. The van der Waals surface area contributed by atoms with Crippen molar-refractivity contribution in [1.82, 2.24) is 10.2 Å². The Hall–Kier alpha value is -1.89. The van der Waals surface area contributed by atoms with Gasteiger partial charge in [0.1, 0.15) is 5.58 Å². The highest BCUT2D eigenvalue weighted by Gasteiger charge is 2.39. The fraction of sp³-hybridized carbons (Fsp3) is 0.591. The van der Waals surface area contributed by atoms with Crippen LogP contribution in [-0.4, -0.2) is 56.3 Å². The van der Waals surface area contributed by atoms with E-state index in [-0.39, 0.29) is 11.4 Å². The molecule has 1 aliphatic carbocycles. The van der Waals surface area contributed by atoms with Crippen LogP contribution in [-0.2, 0) is 16.1 Å². The summed E-state index contributed by atoms with van der Waals surface area (Å²) in [6.07, 6.45) is 5.96. The molecule has 2 aromatic rings. The van der Waals surface area contributed by atoms with Crippen molar-refractivity contribution in [3.63, 3.8) is 0 Å². The van der Waals surface area contributed by atoms with Gasteiger partial charge in [-0.15, -0.1) is 0 Å². The van der Waals surface area contributed by atoms with Gasteiger partial charge in [-0.05, 0) is 18.9 Å². The van der Waals surface area contributed by atoms with Gasteiger partial charge in [0.2, 0.25) is 0 Å². The Kier molecular flexibility index (Phi) is 5.99. The van der Waals surface area contributed by atoms with E-state index < -0.39 is 0 Å². The molecule has 28 heavy (non-hydrogen) atoms. The number of fused-ring (bicyclic) bond motifs is 1. The maximum Gasteiger partial charge on any atom is 0.287 e. The molecule has 1 amide bonds. The summed E-state index contributed by atoms with van der Waals surface area (Å²) in [4.78, 5) is 15.6. The van der Waals surface area contributed by atoms with Crippen LogP contribution in [0.1, 0.15) is 48.2 Å². The second kappa shape index (κ2) is 8.64. The molecule has 6 heteroatoms. The van der Waals surface area contributed by atoms with Gasteiger partial charge in [0.15, 0.2) is 5.76 Å². The molecule has 0 spiro atoms. The fourth-order valence-corrected chi connectivity index (χ4v) is 4.75. The Morgan fingerprint density at radius 1 is 1.18 bits per heavy atom. The first-order valence-electron chi connectivity index (χ1n) is 10.3. The second-order valence-electron chi connectivity index (χ2n) is 7.91. The highest BCUT2D eigenvalue weighted by atomic mass is 16.5. The number of methoxy groups -OCH3 is 1. The Labute approximate surface area is 166 Å². The first-order chi connectivity index (χ1) is 13.7. The summed E-state index contributed by atoms with van der Waals surface area (Å²) in [6.45, 7) is 4.43. The quantitative estimate of drug-likeness (QED) is 0.825. The van der Waals surface area contributed by atoms with E-state index in [9.17, 15) is 4.79 Å². The number of carbonyl (C=O) groups is 1. The van der Waals surface area contributed by atoms with Gasteiger partial charge in [0, 0.05) is 43.2 Å². The Morgan fingerprint density at radius 3 is 2.68 bits per heavy atom. The normalized spacial score (nSPS) is 20.3. The third-order valence-electron chi connectivity index (χ3n) is 6.24. The van der Waals surface area contributed by atoms with Crippen molar-refractivity contribution in [3.05, 3.63) is 35.6 Å². The molecule has 1 saturated carbocycles. The van der Waals surface area contributed by atoms with Crippen LogP contribution in [0.25, 0.3) is 11.0 Å². The van der Waals surface area contributed by atoms with Gasteiger partial charge in [0.05, 0.1) is 19.8 Å². The lowest BCUT2D eigenvalue weighted by Gasteiger charge is -2.48. The number of hydrogen-bond acceptors (Lipinski definition) is 5. The Balaban J connectivity index is 1.54. The lowest BCUT2D eigenvalue weighted by molar-refractivity contribution is -0.0362. The van der Waals surface area contributed by atoms with Gasteiger partial charge in [-0.1, -0.05) is 37.5 Å². The van der Waals surface area contributed by atoms with Crippen molar-refractivity contribution in [3.8, 4) is 0 Å². The molecule has 0 radical (unpaired) electrons. The number of amides is 1. The molecule has 4 rings (SSSR count). The monoisotopic (exact) mass is 386 g/mol. The summed E-state index contributed by atoms with van der Waals surface area (Å²) in [6, 6.07) is 7.73. The molecule has 0 atom stereocenters. The van der Waals surface area contributed by atoms with Gasteiger partial charge in [-0.3, -0.25) is 9.69 Å². The van der Waals surface area contributed by atoms with Crippen LogP contribution in [0.2, 0.25) is 0 Å². The summed E-state index contributed by atoms with van der Waals surface area (Å²) in [5, 5.41) is 4.14. The number of para-hydroxylation sites is 1. The molecule has 0 unspecified atom stereocenters. The van der Waals surface area contributed by atoms with Gasteiger partial charge >= 0.3 is 0 Å². The predicted molar refractivity (Wildman–Crippen MR) is 107 cm³/mol. The summed E-state index contributed by atoms with van der Waals surface area (Å²) in [7, 11) is 1.64. The van der Waals surface area contributed by atoms with E-state index in [4.69, 9.17) is 13.9 Å². The second-order valence-corrected chi connectivity index (χ2v) is 7.91. The highest BCUT2D eigenvalue weighted by Crippen LogP contribution is 2.34. The average Bonchev–Trinajstić information content (AvgIpc) is 3.12. The zero-order valence-electron chi connectivity index (χ0n) is 16.7. The molecular formula is C22H30N2O4. The van der Waals surface area contributed by atoms with E-state index in [0.717, 1.165) is 55.7 Å². The molecule has 1 N–H and O–H groups in total. The van der Waals surface area contributed by atoms with Crippen molar-refractivity contribution in [2.24, 2.45) is 0 Å².